The van der Waals surface area contributed by atoms with E-state index in [9.17, 15) is 26.3 Å². The highest BCUT2D eigenvalue weighted by Gasteiger charge is 2.59. The van der Waals surface area contributed by atoms with Crippen molar-refractivity contribution >= 4 is 34.3 Å². The lowest BCUT2D eigenvalue weighted by Crippen LogP contribution is -2.48. The van der Waals surface area contributed by atoms with Gasteiger partial charge in [-0.25, -0.2) is 4.68 Å². The van der Waals surface area contributed by atoms with Crippen molar-refractivity contribution in [2.24, 2.45) is 0 Å². The maximum Gasteiger partial charge on any atom is 0.434 e. The van der Waals surface area contributed by atoms with Crippen LogP contribution in [-0.2, 0) is 6.67 Å². The Morgan fingerprint density at radius 2 is 1.29 bits per heavy atom. The zero-order chi connectivity index (χ0) is 31.6. The monoisotopic (exact) mass is 629 g/mol. The van der Waals surface area contributed by atoms with Gasteiger partial charge < -0.3 is 9.64 Å². The number of ether oxygens (including phenoxy) is 1. The molecule has 0 bridgehead atoms. The average Bonchev–Trinajstić information content (AvgIpc) is 3.43. The van der Waals surface area contributed by atoms with E-state index in [2.05, 4.69) is 34.9 Å². The molecule has 1 aliphatic heterocycles. The molecule has 0 unspecified atom stereocenters. The van der Waals surface area contributed by atoms with Crippen LogP contribution in [0.3, 0.4) is 0 Å². The van der Waals surface area contributed by atoms with Crippen molar-refractivity contribution in [3.8, 4) is 6.01 Å². The minimum Gasteiger partial charge on any atom is -0.440 e. The quantitative estimate of drug-likeness (QED) is 0.200. The molecule has 0 spiro atoms. The topological polar surface area (TPSA) is 88.3 Å². The van der Waals surface area contributed by atoms with E-state index in [1.54, 1.807) is 70.2 Å². The Labute approximate surface area is 252 Å². The molecule has 0 radical (unpaired) electrons. The van der Waals surface area contributed by atoms with E-state index in [4.69, 9.17) is 0 Å². The van der Waals surface area contributed by atoms with Gasteiger partial charge in [-0.15, -0.1) is 5.10 Å². The van der Waals surface area contributed by atoms with Crippen LogP contribution in [0.1, 0.15) is 0 Å². The summed E-state index contributed by atoms with van der Waals surface area (Å²) >= 11 is 0. The number of piperazine rings is 1. The molecule has 1 fully saturated rings. The largest absolute Gasteiger partial charge is 0.440 e. The number of hydrogen-bond acceptors (Lipinski definition) is 9. The van der Waals surface area contributed by atoms with Gasteiger partial charge in [-0.1, -0.05) is 53.7 Å². The molecule has 234 valence electrons. The molecule has 0 aliphatic carbocycles. The highest BCUT2D eigenvalue weighted by Crippen LogP contribution is 2.38. The Balaban J connectivity index is 1.33. The van der Waals surface area contributed by atoms with Crippen molar-refractivity contribution in [1.29, 1.82) is 0 Å². The summed E-state index contributed by atoms with van der Waals surface area (Å²) in [5.74, 6) is -0.340. The first-order valence-corrected chi connectivity index (χ1v) is 13.8. The lowest BCUT2D eigenvalue weighted by Gasteiger charge is -2.35. The van der Waals surface area contributed by atoms with Gasteiger partial charge in [0.1, 0.15) is 5.52 Å². The summed E-state index contributed by atoms with van der Waals surface area (Å²) in [6.45, 7) is 2.00. The molecule has 45 heavy (non-hydrogen) atoms. The molecule has 3 aromatic carbocycles. The van der Waals surface area contributed by atoms with E-state index in [0.717, 1.165) is 11.0 Å². The fraction of sp³-hybridized carbons (Fsp3) is 0.276. The van der Waals surface area contributed by atoms with Crippen LogP contribution in [0.2, 0.25) is 0 Å². The van der Waals surface area contributed by atoms with Gasteiger partial charge in [-0.2, -0.15) is 41.3 Å². The van der Waals surface area contributed by atoms with Crippen LogP contribution in [0.4, 0.5) is 49.6 Å². The molecule has 10 nitrogen and oxygen atoms in total. The lowest BCUT2D eigenvalue weighted by molar-refractivity contribution is -0.301. The minimum absolute atomic E-state index is 0.124. The number of aromatic nitrogens is 6. The number of anilines is 4. The van der Waals surface area contributed by atoms with E-state index in [0.29, 0.717) is 44.2 Å². The number of benzene rings is 3. The number of alkyl halides is 6. The molecular formula is C29H25F6N9O. The summed E-state index contributed by atoms with van der Waals surface area (Å²) in [7, 11) is 0. The second-order valence-electron chi connectivity index (χ2n) is 10.1. The first kappa shape index (κ1) is 30.1. The van der Waals surface area contributed by atoms with Crippen LogP contribution in [0.5, 0.6) is 6.01 Å². The smallest absolute Gasteiger partial charge is 0.434 e. The van der Waals surface area contributed by atoms with Gasteiger partial charge in [-0.05, 0) is 36.4 Å². The van der Waals surface area contributed by atoms with Crippen LogP contribution < -0.4 is 14.5 Å². The average molecular weight is 630 g/mol. The van der Waals surface area contributed by atoms with Crippen molar-refractivity contribution in [2.75, 3.05) is 36.0 Å². The highest BCUT2D eigenvalue weighted by molar-refractivity contribution is 5.74. The van der Waals surface area contributed by atoms with Crippen LogP contribution in [0, 0.1) is 0 Å². The van der Waals surface area contributed by atoms with Crippen LogP contribution >= 0.6 is 0 Å². The molecule has 3 heterocycles. The third kappa shape index (κ3) is 6.74. The molecule has 6 rings (SSSR count). The van der Waals surface area contributed by atoms with E-state index in [1.807, 2.05) is 24.3 Å². The van der Waals surface area contributed by atoms with Gasteiger partial charge in [0.15, 0.2) is 0 Å². The zero-order valence-corrected chi connectivity index (χ0v) is 23.4. The number of nitrogens with zero attached hydrogens (tertiary/aromatic N) is 9. The molecule has 1 aliphatic rings. The van der Waals surface area contributed by atoms with Gasteiger partial charge in [0, 0.05) is 37.6 Å². The van der Waals surface area contributed by atoms with E-state index >= 15 is 0 Å². The van der Waals surface area contributed by atoms with Gasteiger partial charge in [-0.3, -0.25) is 9.80 Å². The van der Waals surface area contributed by atoms with E-state index in [1.165, 1.54) is 4.90 Å². The minimum atomic E-state index is -5.76. The molecule has 0 amide bonds. The predicted molar refractivity (Wildman–Crippen MR) is 152 cm³/mol. The van der Waals surface area contributed by atoms with E-state index in [-0.39, 0.29) is 11.9 Å². The Kier molecular flexibility index (Phi) is 8.14. The van der Waals surface area contributed by atoms with Gasteiger partial charge in [0.25, 0.3) is 6.10 Å². The maximum atomic E-state index is 13.5. The Morgan fingerprint density at radius 3 is 1.89 bits per heavy atom. The molecule has 0 atom stereocenters. The number of rotatable bonds is 8. The Morgan fingerprint density at radius 1 is 0.711 bits per heavy atom. The summed E-state index contributed by atoms with van der Waals surface area (Å²) in [6, 6.07) is 23.7. The van der Waals surface area contributed by atoms with E-state index < -0.39 is 24.5 Å². The van der Waals surface area contributed by atoms with Crippen LogP contribution in [0.25, 0.3) is 11.0 Å². The standard InChI is InChI=1S/C29H25F6N9O/c30-28(31,32)24(29(33,34)35)45-27-37-25(36-26(38-27)44(20-9-3-1-4-10-20)21-11-5-2-6-12-21)42-17-15-41(16-18-42)19-43-23-14-8-7-13-22(23)39-40-43/h1-14,24H,15-19H2. The zero-order valence-electron chi connectivity index (χ0n) is 23.4. The number of hydrogen-bond donors (Lipinski definition) is 0. The first-order chi connectivity index (χ1) is 21.6. The van der Waals surface area contributed by atoms with Gasteiger partial charge >= 0.3 is 18.4 Å². The summed E-state index contributed by atoms with van der Waals surface area (Å²) in [5.41, 5.74) is 2.63. The fourth-order valence-electron chi connectivity index (χ4n) is 4.89. The number of para-hydroxylation sites is 3. The third-order valence-electron chi connectivity index (χ3n) is 7.05. The molecule has 16 heteroatoms. The normalized spacial score (nSPS) is 14.7. The van der Waals surface area contributed by atoms with Crippen molar-refractivity contribution in [1.82, 2.24) is 34.8 Å². The predicted octanol–water partition coefficient (Wildman–Crippen LogP) is 5.74. The molecule has 5 aromatic rings. The van der Waals surface area contributed by atoms with Crippen molar-refractivity contribution in [3.63, 3.8) is 0 Å². The Bertz CT molecular complexity index is 1670. The van der Waals surface area contributed by atoms with Crippen LogP contribution in [0.15, 0.2) is 84.9 Å². The summed E-state index contributed by atoms with van der Waals surface area (Å²) in [5, 5.41) is 8.37. The van der Waals surface area contributed by atoms with Gasteiger partial charge in [0.05, 0.1) is 12.2 Å². The summed E-state index contributed by atoms with van der Waals surface area (Å²) in [6.07, 6.45) is -15.7. The van der Waals surface area contributed by atoms with Crippen molar-refractivity contribution in [3.05, 3.63) is 84.9 Å². The highest BCUT2D eigenvalue weighted by atomic mass is 19.4. The molecule has 2 aromatic heterocycles. The van der Waals surface area contributed by atoms with Crippen molar-refractivity contribution < 1.29 is 31.1 Å². The van der Waals surface area contributed by atoms with Gasteiger partial charge in [0.2, 0.25) is 11.9 Å². The second-order valence-corrected chi connectivity index (χ2v) is 10.1. The third-order valence-corrected chi connectivity index (χ3v) is 7.05. The lowest BCUT2D eigenvalue weighted by atomic mass is 10.2. The molecule has 0 saturated carbocycles. The summed E-state index contributed by atoms with van der Waals surface area (Å²) < 4.78 is 87.2. The SMILES string of the molecule is FC(F)(F)C(Oc1nc(N2CCN(Cn3nnc4ccccc43)CC2)nc(N(c2ccccc2)c2ccccc2)n1)C(F)(F)F. The second kappa shape index (κ2) is 12.2. The maximum absolute atomic E-state index is 13.5. The fourth-order valence-corrected chi connectivity index (χ4v) is 4.89. The summed E-state index contributed by atoms with van der Waals surface area (Å²) in [4.78, 5) is 17.7. The molecule has 0 N–H and O–H groups in total. The number of halogens is 6. The number of fused-ring (bicyclic) bond motifs is 1. The van der Waals surface area contributed by atoms with Crippen LogP contribution in [-0.4, -0.2) is 79.5 Å². The molecule has 1 saturated heterocycles. The Hall–Kier alpha value is -4.99. The van der Waals surface area contributed by atoms with Crippen molar-refractivity contribution in [2.45, 2.75) is 25.1 Å². The first-order valence-electron chi connectivity index (χ1n) is 13.8. The molecular weight excluding hydrogens is 604 g/mol.